The minimum Gasteiger partial charge on any atom is -0.496 e. The summed E-state index contributed by atoms with van der Waals surface area (Å²) < 4.78 is 19.1. The van der Waals surface area contributed by atoms with Crippen LogP contribution in [0.15, 0.2) is 22.7 Å². The number of hydrogen-bond donors (Lipinski definition) is 2. The highest BCUT2D eigenvalue weighted by atomic mass is 79.9. The normalized spacial score (nSPS) is 9.73. The Morgan fingerprint density at radius 3 is 1.76 bits per heavy atom. The van der Waals surface area contributed by atoms with Crippen molar-refractivity contribution in [1.82, 2.24) is 0 Å². The molecule has 0 fully saturated rings. The third-order valence-corrected chi connectivity index (χ3v) is 4.62. The maximum absolute atomic E-state index is 11.5. The summed E-state index contributed by atoms with van der Waals surface area (Å²) in [5, 5.41) is 21.4. The summed E-state index contributed by atoms with van der Waals surface area (Å²) in [6.45, 7) is 0. The van der Waals surface area contributed by atoms with E-state index < -0.39 is 27.5 Å². The van der Waals surface area contributed by atoms with Crippen molar-refractivity contribution in [1.29, 1.82) is 0 Å². The standard InChI is InChI=1S/C9H9BrN2O5.C9H10N2O5/c1-16-8-4(10)3-5(12(14)15)7(11)6(8)9(13)17-2;1-15-6-4-3-5(11(13)14)8(10)7(6)9(12)16-2/h3H,11H2,1-2H3;3-4H,10H2,1-2H3. The molecule has 0 amide bonds. The zero-order chi connectivity index (χ0) is 25.5. The minimum atomic E-state index is -0.802. The van der Waals surface area contributed by atoms with Gasteiger partial charge in [-0.1, -0.05) is 0 Å². The number of esters is 2. The fourth-order valence-electron chi connectivity index (χ4n) is 2.52. The second kappa shape index (κ2) is 11.5. The van der Waals surface area contributed by atoms with Gasteiger partial charge in [-0.05, 0) is 22.0 Å². The summed E-state index contributed by atoms with van der Waals surface area (Å²) in [6.07, 6.45) is 0. The first-order chi connectivity index (χ1) is 15.5. The fraction of sp³-hybridized carbons (Fsp3) is 0.222. The van der Waals surface area contributed by atoms with Crippen molar-refractivity contribution in [3.8, 4) is 11.5 Å². The van der Waals surface area contributed by atoms with Crippen molar-refractivity contribution < 1.29 is 38.4 Å². The number of rotatable bonds is 6. The summed E-state index contributed by atoms with van der Waals surface area (Å²) in [4.78, 5) is 42.9. The Morgan fingerprint density at radius 1 is 0.848 bits per heavy atom. The van der Waals surface area contributed by atoms with Crippen molar-refractivity contribution in [2.75, 3.05) is 39.9 Å². The summed E-state index contributed by atoms with van der Waals surface area (Å²) in [5.74, 6) is -1.35. The molecule has 14 nitrogen and oxygen atoms in total. The van der Waals surface area contributed by atoms with Crippen LogP contribution in [-0.2, 0) is 9.47 Å². The Balaban J connectivity index is 0.000000331. The lowest BCUT2D eigenvalue weighted by Gasteiger charge is -2.11. The molecule has 0 atom stereocenters. The molecule has 2 rings (SSSR count). The predicted molar refractivity (Wildman–Crippen MR) is 119 cm³/mol. The molecular weight excluding hydrogens is 512 g/mol. The number of nitro benzene ring substituents is 2. The summed E-state index contributed by atoms with van der Waals surface area (Å²) in [6, 6.07) is 3.63. The Hall–Kier alpha value is -4.14. The summed E-state index contributed by atoms with van der Waals surface area (Å²) in [5.41, 5.74) is 9.46. The van der Waals surface area contributed by atoms with E-state index in [9.17, 15) is 29.8 Å². The number of ether oxygens (including phenoxy) is 4. The number of anilines is 2. The molecular formula is C18H19BrN4O10. The van der Waals surface area contributed by atoms with Crippen molar-refractivity contribution >= 4 is 50.6 Å². The number of nitro groups is 2. The number of hydrogen-bond acceptors (Lipinski definition) is 12. The van der Waals surface area contributed by atoms with E-state index in [1.54, 1.807) is 0 Å². The van der Waals surface area contributed by atoms with E-state index in [-0.39, 0.29) is 44.2 Å². The summed E-state index contributed by atoms with van der Waals surface area (Å²) in [7, 11) is 4.94. The number of nitrogen functional groups attached to an aromatic ring is 2. The van der Waals surface area contributed by atoms with Gasteiger partial charge in [0.05, 0.1) is 42.8 Å². The second-order valence-corrected chi connectivity index (χ2v) is 6.63. The second-order valence-electron chi connectivity index (χ2n) is 5.77. The SMILES string of the molecule is COC(=O)c1c(N)c([N+](=O)[O-])cc(Br)c1OC.COC(=O)c1c(OC)ccc([N+](=O)[O-])c1N. The first kappa shape index (κ1) is 26.9. The fourth-order valence-corrected chi connectivity index (χ4v) is 3.10. The van der Waals surface area contributed by atoms with E-state index in [4.69, 9.17) is 20.9 Å². The smallest absolute Gasteiger partial charge is 0.344 e. The zero-order valence-corrected chi connectivity index (χ0v) is 19.3. The van der Waals surface area contributed by atoms with Gasteiger partial charge >= 0.3 is 11.9 Å². The number of nitrogens with zero attached hydrogens (tertiary/aromatic N) is 2. The van der Waals surface area contributed by atoms with Crippen molar-refractivity contribution in [3.63, 3.8) is 0 Å². The Labute approximate surface area is 194 Å². The molecule has 0 saturated heterocycles. The highest BCUT2D eigenvalue weighted by molar-refractivity contribution is 9.10. The molecule has 15 heteroatoms. The van der Waals surface area contributed by atoms with Crippen LogP contribution in [-0.4, -0.2) is 50.2 Å². The van der Waals surface area contributed by atoms with Crippen LogP contribution in [0.25, 0.3) is 0 Å². The van der Waals surface area contributed by atoms with E-state index in [1.165, 1.54) is 32.4 Å². The van der Waals surface area contributed by atoms with Crippen molar-refractivity contribution in [3.05, 3.63) is 54.0 Å². The van der Waals surface area contributed by atoms with E-state index in [0.29, 0.717) is 0 Å². The average Bonchev–Trinajstić information content (AvgIpc) is 2.78. The zero-order valence-electron chi connectivity index (χ0n) is 17.7. The van der Waals surface area contributed by atoms with Gasteiger partial charge in [0.25, 0.3) is 11.4 Å². The van der Waals surface area contributed by atoms with Crippen LogP contribution in [0.1, 0.15) is 20.7 Å². The molecule has 0 heterocycles. The number of carbonyl (C=O) groups excluding carboxylic acids is 2. The minimum absolute atomic E-state index is 0.0972. The topological polar surface area (TPSA) is 209 Å². The molecule has 0 aromatic heterocycles. The monoisotopic (exact) mass is 530 g/mol. The van der Waals surface area contributed by atoms with Gasteiger partial charge in [-0.3, -0.25) is 20.2 Å². The maximum atomic E-state index is 11.5. The maximum Gasteiger partial charge on any atom is 0.344 e. The number of nitrogens with two attached hydrogens (primary N) is 2. The van der Waals surface area contributed by atoms with Crippen LogP contribution in [0.3, 0.4) is 0 Å². The van der Waals surface area contributed by atoms with E-state index in [0.717, 1.165) is 14.2 Å². The molecule has 0 aliphatic heterocycles. The van der Waals surface area contributed by atoms with E-state index in [2.05, 4.69) is 25.4 Å². The molecule has 0 saturated carbocycles. The third kappa shape index (κ3) is 5.76. The molecule has 0 aliphatic rings. The lowest BCUT2D eigenvalue weighted by molar-refractivity contribution is -0.384. The van der Waals surface area contributed by atoms with Gasteiger partial charge in [-0.15, -0.1) is 0 Å². The lowest BCUT2D eigenvalue weighted by atomic mass is 10.1. The third-order valence-electron chi connectivity index (χ3n) is 4.03. The number of carbonyl (C=O) groups is 2. The largest absolute Gasteiger partial charge is 0.496 e. The molecule has 0 spiro atoms. The Morgan fingerprint density at radius 2 is 1.33 bits per heavy atom. The Bertz CT molecular complexity index is 1110. The molecule has 0 radical (unpaired) electrons. The first-order valence-corrected chi connectivity index (χ1v) is 9.33. The van der Waals surface area contributed by atoms with Gasteiger partial charge in [0.15, 0.2) is 0 Å². The van der Waals surface area contributed by atoms with Gasteiger partial charge in [-0.2, -0.15) is 0 Å². The molecule has 0 unspecified atom stereocenters. The highest BCUT2D eigenvalue weighted by Crippen LogP contribution is 2.39. The molecule has 4 N–H and O–H groups in total. The van der Waals surface area contributed by atoms with Crippen LogP contribution in [0, 0.1) is 20.2 Å². The lowest BCUT2D eigenvalue weighted by Crippen LogP contribution is -2.10. The van der Waals surface area contributed by atoms with Crippen LogP contribution >= 0.6 is 15.9 Å². The molecule has 0 bridgehead atoms. The van der Waals surface area contributed by atoms with Crippen molar-refractivity contribution in [2.45, 2.75) is 0 Å². The van der Waals surface area contributed by atoms with Crippen LogP contribution in [0.2, 0.25) is 0 Å². The molecule has 178 valence electrons. The van der Waals surface area contributed by atoms with Crippen LogP contribution in [0.5, 0.6) is 11.5 Å². The number of benzene rings is 2. The average molecular weight is 531 g/mol. The van der Waals surface area contributed by atoms with Gasteiger partial charge in [0.1, 0.15) is 34.0 Å². The summed E-state index contributed by atoms with van der Waals surface area (Å²) >= 11 is 3.07. The quantitative estimate of drug-likeness (QED) is 0.239. The Kier molecular flexibility index (Phi) is 9.35. The van der Waals surface area contributed by atoms with Gasteiger partial charge < -0.3 is 30.4 Å². The molecule has 0 aliphatic carbocycles. The van der Waals surface area contributed by atoms with Crippen molar-refractivity contribution in [2.24, 2.45) is 0 Å². The van der Waals surface area contributed by atoms with Crippen LogP contribution in [0.4, 0.5) is 22.7 Å². The number of methoxy groups -OCH3 is 4. The van der Waals surface area contributed by atoms with Gasteiger partial charge in [0, 0.05) is 12.1 Å². The molecule has 2 aromatic rings. The number of halogens is 1. The van der Waals surface area contributed by atoms with E-state index >= 15 is 0 Å². The van der Waals surface area contributed by atoms with Gasteiger partial charge in [0.2, 0.25) is 0 Å². The van der Waals surface area contributed by atoms with Gasteiger partial charge in [-0.25, -0.2) is 9.59 Å². The molecule has 33 heavy (non-hydrogen) atoms. The molecule has 2 aromatic carbocycles. The highest BCUT2D eigenvalue weighted by Gasteiger charge is 2.27. The predicted octanol–water partition coefficient (Wildman–Crippen LogP) is 2.71. The van der Waals surface area contributed by atoms with Crippen LogP contribution < -0.4 is 20.9 Å². The van der Waals surface area contributed by atoms with E-state index in [1.807, 2.05) is 0 Å². The first-order valence-electron chi connectivity index (χ1n) is 8.54.